The van der Waals surface area contributed by atoms with E-state index in [1.165, 1.54) is 6.07 Å². The Morgan fingerprint density at radius 1 is 1.24 bits per heavy atom. The molecule has 4 nitrogen and oxygen atoms in total. The van der Waals surface area contributed by atoms with E-state index in [-0.39, 0.29) is 18.3 Å². The topological polar surface area (TPSA) is 32.8 Å². The standard InChI is InChI=1S/C15H20F2N2O2/c1-11(2)18-5-7-19(8-6-18)15(20)10-21-14-4-3-12(16)9-13(14)17/h3-4,9,11H,5-8,10H2,1-2H3. The summed E-state index contributed by atoms with van der Waals surface area (Å²) in [4.78, 5) is 16.0. The lowest BCUT2D eigenvalue weighted by Gasteiger charge is -2.36. The highest BCUT2D eigenvalue weighted by molar-refractivity contribution is 5.77. The van der Waals surface area contributed by atoms with Gasteiger partial charge >= 0.3 is 0 Å². The number of nitrogens with zero attached hydrogens (tertiary/aromatic N) is 2. The molecule has 0 N–H and O–H groups in total. The van der Waals surface area contributed by atoms with Gasteiger partial charge in [0.15, 0.2) is 18.2 Å². The molecule has 0 unspecified atom stereocenters. The number of rotatable bonds is 4. The van der Waals surface area contributed by atoms with Gasteiger partial charge < -0.3 is 9.64 Å². The zero-order valence-corrected chi connectivity index (χ0v) is 12.3. The van der Waals surface area contributed by atoms with Crippen molar-refractivity contribution in [2.24, 2.45) is 0 Å². The number of halogens is 2. The Morgan fingerprint density at radius 3 is 2.48 bits per heavy atom. The largest absolute Gasteiger partial charge is 0.481 e. The van der Waals surface area contributed by atoms with E-state index < -0.39 is 11.6 Å². The third-order valence-electron chi connectivity index (χ3n) is 3.64. The summed E-state index contributed by atoms with van der Waals surface area (Å²) in [5, 5.41) is 0. The fourth-order valence-electron chi connectivity index (χ4n) is 2.31. The van der Waals surface area contributed by atoms with Crippen molar-refractivity contribution < 1.29 is 18.3 Å². The zero-order chi connectivity index (χ0) is 15.4. The maximum atomic E-state index is 13.4. The van der Waals surface area contributed by atoms with Gasteiger partial charge in [0, 0.05) is 38.3 Å². The van der Waals surface area contributed by atoms with Crippen LogP contribution < -0.4 is 4.74 Å². The normalized spacial score (nSPS) is 16.3. The van der Waals surface area contributed by atoms with Crippen molar-refractivity contribution in [3.8, 4) is 5.75 Å². The van der Waals surface area contributed by atoms with Gasteiger partial charge in [-0.2, -0.15) is 0 Å². The number of hydrogen-bond donors (Lipinski definition) is 0. The Hall–Kier alpha value is -1.69. The Morgan fingerprint density at radius 2 is 1.90 bits per heavy atom. The van der Waals surface area contributed by atoms with E-state index in [1.807, 2.05) is 0 Å². The minimum absolute atomic E-state index is 0.106. The summed E-state index contributed by atoms with van der Waals surface area (Å²) >= 11 is 0. The molecule has 1 fully saturated rings. The first kappa shape index (κ1) is 15.7. The van der Waals surface area contributed by atoms with E-state index in [4.69, 9.17) is 4.74 Å². The molecule has 1 aliphatic rings. The van der Waals surface area contributed by atoms with Crippen LogP contribution in [0.5, 0.6) is 5.75 Å². The van der Waals surface area contributed by atoms with Crippen LogP contribution >= 0.6 is 0 Å². The average molecular weight is 298 g/mol. The maximum absolute atomic E-state index is 13.4. The Labute approximate surface area is 123 Å². The molecule has 2 rings (SSSR count). The smallest absolute Gasteiger partial charge is 0.260 e. The number of carbonyl (C=O) groups excluding carboxylic acids is 1. The van der Waals surface area contributed by atoms with Crippen LogP contribution in [0.25, 0.3) is 0 Å². The number of ether oxygens (including phenoxy) is 1. The minimum atomic E-state index is -0.799. The third kappa shape index (κ3) is 4.14. The number of amides is 1. The summed E-state index contributed by atoms with van der Waals surface area (Å²) < 4.78 is 31.3. The molecule has 0 spiro atoms. The molecule has 21 heavy (non-hydrogen) atoms. The van der Waals surface area contributed by atoms with Crippen molar-refractivity contribution in [1.29, 1.82) is 0 Å². The summed E-state index contributed by atoms with van der Waals surface area (Å²) in [5.41, 5.74) is 0. The molecule has 1 saturated heterocycles. The number of hydrogen-bond acceptors (Lipinski definition) is 3. The third-order valence-corrected chi connectivity index (χ3v) is 3.64. The first-order chi connectivity index (χ1) is 9.97. The van der Waals surface area contributed by atoms with Gasteiger partial charge in [0.1, 0.15) is 5.82 Å². The van der Waals surface area contributed by atoms with Gasteiger partial charge in [-0.3, -0.25) is 9.69 Å². The van der Waals surface area contributed by atoms with Crippen LogP contribution in [-0.2, 0) is 4.79 Å². The molecule has 0 bridgehead atoms. The van der Waals surface area contributed by atoms with Crippen LogP contribution in [0.1, 0.15) is 13.8 Å². The van der Waals surface area contributed by atoms with Gasteiger partial charge in [0.2, 0.25) is 0 Å². The van der Waals surface area contributed by atoms with Crippen molar-refractivity contribution in [2.45, 2.75) is 19.9 Å². The fourth-order valence-corrected chi connectivity index (χ4v) is 2.31. The van der Waals surface area contributed by atoms with Crippen LogP contribution in [0.4, 0.5) is 8.78 Å². The van der Waals surface area contributed by atoms with Gasteiger partial charge in [0.25, 0.3) is 5.91 Å². The summed E-state index contributed by atoms with van der Waals surface area (Å²) in [6, 6.07) is 3.49. The van der Waals surface area contributed by atoms with Gasteiger partial charge in [-0.25, -0.2) is 8.78 Å². The lowest BCUT2D eigenvalue weighted by atomic mass is 10.2. The van der Waals surface area contributed by atoms with Gasteiger partial charge in [-0.1, -0.05) is 0 Å². The summed E-state index contributed by atoms with van der Waals surface area (Å²) in [7, 11) is 0. The molecular formula is C15H20F2N2O2. The van der Waals surface area contributed by atoms with Crippen molar-refractivity contribution in [1.82, 2.24) is 9.80 Å². The van der Waals surface area contributed by atoms with E-state index in [1.54, 1.807) is 4.90 Å². The highest BCUT2D eigenvalue weighted by atomic mass is 19.1. The lowest BCUT2D eigenvalue weighted by molar-refractivity contribution is -0.135. The molecule has 6 heteroatoms. The highest BCUT2D eigenvalue weighted by Gasteiger charge is 2.22. The molecule has 1 amide bonds. The van der Waals surface area contributed by atoms with Crippen LogP contribution in [-0.4, -0.2) is 54.5 Å². The summed E-state index contributed by atoms with van der Waals surface area (Å²) in [6.45, 7) is 6.96. The molecule has 0 radical (unpaired) electrons. The number of carbonyl (C=O) groups is 1. The summed E-state index contributed by atoms with van der Waals surface area (Å²) in [6.07, 6.45) is 0. The second-order valence-corrected chi connectivity index (χ2v) is 5.37. The van der Waals surface area contributed by atoms with Gasteiger partial charge in [0.05, 0.1) is 0 Å². The van der Waals surface area contributed by atoms with Crippen LogP contribution in [0.2, 0.25) is 0 Å². The van der Waals surface area contributed by atoms with Crippen molar-refractivity contribution in [3.05, 3.63) is 29.8 Å². The average Bonchev–Trinajstić information content (AvgIpc) is 2.46. The van der Waals surface area contributed by atoms with E-state index in [2.05, 4.69) is 18.7 Å². The number of benzene rings is 1. The first-order valence-corrected chi connectivity index (χ1v) is 7.07. The molecule has 0 atom stereocenters. The highest BCUT2D eigenvalue weighted by Crippen LogP contribution is 2.17. The minimum Gasteiger partial charge on any atom is -0.481 e. The molecular weight excluding hydrogens is 278 g/mol. The van der Waals surface area contributed by atoms with Crippen molar-refractivity contribution >= 4 is 5.91 Å². The molecule has 0 saturated carbocycles. The van der Waals surface area contributed by atoms with Crippen LogP contribution in [0.3, 0.4) is 0 Å². The monoisotopic (exact) mass is 298 g/mol. The second kappa shape index (κ2) is 6.85. The summed E-state index contributed by atoms with van der Waals surface area (Å²) in [5.74, 6) is -1.75. The van der Waals surface area contributed by atoms with Gasteiger partial charge in [-0.15, -0.1) is 0 Å². The molecule has 1 aromatic rings. The van der Waals surface area contributed by atoms with E-state index in [0.29, 0.717) is 19.1 Å². The quantitative estimate of drug-likeness (QED) is 0.851. The van der Waals surface area contributed by atoms with E-state index >= 15 is 0 Å². The van der Waals surface area contributed by atoms with Gasteiger partial charge in [-0.05, 0) is 26.0 Å². The van der Waals surface area contributed by atoms with Crippen LogP contribution in [0, 0.1) is 11.6 Å². The Balaban J connectivity index is 1.82. The molecule has 0 aromatic heterocycles. The zero-order valence-electron chi connectivity index (χ0n) is 12.3. The maximum Gasteiger partial charge on any atom is 0.260 e. The molecule has 1 aromatic carbocycles. The molecule has 116 valence electrons. The van der Waals surface area contributed by atoms with Crippen LogP contribution in [0.15, 0.2) is 18.2 Å². The first-order valence-electron chi connectivity index (χ1n) is 7.07. The van der Waals surface area contributed by atoms with E-state index in [0.717, 1.165) is 25.2 Å². The van der Waals surface area contributed by atoms with Crippen molar-refractivity contribution in [2.75, 3.05) is 32.8 Å². The SMILES string of the molecule is CC(C)N1CCN(C(=O)COc2ccc(F)cc2F)CC1. The number of piperazine rings is 1. The second-order valence-electron chi connectivity index (χ2n) is 5.37. The Bertz CT molecular complexity index is 500. The fraction of sp³-hybridized carbons (Fsp3) is 0.533. The predicted molar refractivity (Wildman–Crippen MR) is 75.1 cm³/mol. The van der Waals surface area contributed by atoms with E-state index in [9.17, 15) is 13.6 Å². The molecule has 0 aliphatic carbocycles. The lowest BCUT2D eigenvalue weighted by Crippen LogP contribution is -2.51. The predicted octanol–water partition coefficient (Wildman–Crippen LogP) is 1.90. The molecule has 1 heterocycles. The molecule has 1 aliphatic heterocycles. The Kier molecular flexibility index (Phi) is 5.12. The van der Waals surface area contributed by atoms with Crippen molar-refractivity contribution in [3.63, 3.8) is 0 Å².